The third kappa shape index (κ3) is 3.05. The first-order valence-electron chi connectivity index (χ1n) is 9.04. The zero-order chi connectivity index (χ0) is 20.5. The van der Waals surface area contributed by atoms with E-state index in [1.165, 1.54) is 0 Å². The van der Waals surface area contributed by atoms with Gasteiger partial charge in [-0.15, -0.1) is 0 Å². The highest BCUT2D eigenvalue weighted by atomic mass is 35.5. The van der Waals surface area contributed by atoms with Gasteiger partial charge in [-0.25, -0.2) is 0 Å². The van der Waals surface area contributed by atoms with Crippen LogP contribution in [0.3, 0.4) is 0 Å². The number of hydrogen-bond acceptors (Lipinski definition) is 5. The van der Waals surface area contributed by atoms with Crippen molar-refractivity contribution in [1.82, 2.24) is 4.90 Å². The summed E-state index contributed by atoms with van der Waals surface area (Å²) in [7, 11) is 0. The summed E-state index contributed by atoms with van der Waals surface area (Å²) in [5.41, 5.74) is 6.42. The number of hydrogen-bond donors (Lipinski definition) is 1. The van der Waals surface area contributed by atoms with E-state index in [2.05, 4.69) is 30.0 Å². The van der Waals surface area contributed by atoms with Crippen molar-refractivity contribution in [3.05, 3.63) is 56.7 Å². The second kappa shape index (κ2) is 7.86. The zero-order valence-corrected chi connectivity index (χ0v) is 16.9. The van der Waals surface area contributed by atoms with Crippen LogP contribution < -0.4 is 5.73 Å². The Morgan fingerprint density at radius 3 is 2.50 bits per heavy atom. The third-order valence-corrected chi connectivity index (χ3v) is 6.32. The molecule has 0 amide bonds. The van der Waals surface area contributed by atoms with Crippen LogP contribution in [-0.2, 0) is 0 Å². The maximum absolute atomic E-state index is 10.1. The van der Waals surface area contributed by atoms with Crippen molar-refractivity contribution >= 4 is 23.2 Å². The summed E-state index contributed by atoms with van der Waals surface area (Å²) < 4.78 is 0. The van der Waals surface area contributed by atoms with Gasteiger partial charge in [-0.2, -0.15) is 15.8 Å². The summed E-state index contributed by atoms with van der Waals surface area (Å²) in [6.07, 6.45) is 2.98. The Hall–Kier alpha value is -2.49. The molecule has 3 rings (SSSR count). The number of rotatable bonds is 3. The van der Waals surface area contributed by atoms with Crippen molar-refractivity contribution in [3.8, 4) is 18.2 Å². The molecule has 2 N–H and O–H groups in total. The molecule has 28 heavy (non-hydrogen) atoms. The topological polar surface area (TPSA) is 101 Å². The second-order valence-electron chi connectivity index (χ2n) is 7.11. The predicted molar refractivity (Wildman–Crippen MR) is 108 cm³/mol. The largest absolute Gasteiger partial charge is 0.399 e. The highest BCUT2D eigenvalue weighted by molar-refractivity contribution is 6.42. The van der Waals surface area contributed by atoms with Crippen LogP contribution in [0.4, 0.5) is 0 Å². The van der Waals surface area contributed by atoms with Crippen molar-refractivity contribution in [2.75, 3.05) is 19.6 Å². The Labute approximate surface area is 174 Å². The molecule has 0 bridgehead atoms. The molecule has 1 heterocycles. The highest BCUT2D eigenvalue weighted by Crippen LogP contribution is 2.54. The molecule has 0 fully saturated rings. The van der Waals surface area contributed by atoms with Crippen molar-refractivity contribution in [1.29, 1.82) is 15.8 Å². The Balaban J connectivity index is 2.28. The quantitative estimate of drug-likeness (QED) is 0.805. The van der Waals surface area contributed by atoms with Gasteiger partial charge in [0.1, 0.15) is 6.07 Å². The predicted octanol–water partition coefficient (Wildman–Crippen LogP) is 4.13. The summed E-state index contributed by atoms with van der Waals surface area (Å²) in [5, 5.41) is 30.6. The standard InChI is InChI=1S/C21H19Cl2N5/c1-2-6-28-7-5-14-15(9-24)20(27)21(11-25,12-26)19(16(14)10-28)13-3-4-17(22)18(23)8-13/h3-5,8,16,19H,2,6-7,10,27H2,1H3/t16-,19+/m0/s1. The van der Waals surface area contributed by atoms with Gasteiger partial charge in [-0.1, -0.05) is 42.3 Å². The molecule has 1 aromatic rings. The monoisotopic (exact) mass is 411 g/mol. The highest BCUT2D eigenvalue weighted by Gasteiger charge is 2.54. The van der Waals surface area contributed by atoms with Crippen molar-refractivity contribution in [3.63, 3.8) is 0 Å². The van der Waals surface area contributed by atoms with Crippen LogP contribution in [0, 0.1) is 45.3 Å². The van der Waals surface area contributed by atoms with Gasteiger partial charge in [0, 0.05) is 24.9 Å². The lowest BCUT2D eigenvalue weighted by Crippen LogP contribution is -2.48. The number of nitriles is 3. The molecule has 7 heteroatoms. The van der Waals surface area contributed by atoms with Gasteiger partial charge < -0.3 is 5.73 Å². The van der Waals surface area contributed by atoms with Crippen LogP contribution in [0.1, 0.15) is 24.8 Å². The van der Waals surface area contributed by atoms with Gasteiger partial charge in [0.25, 0.3) is 0 Å². The number of fused-ring (bicyclic) bond motifs is 1. The minimum atomic E-state index is -1.65. The summed E-state index contributed by atoms with van der Waals surface area (Å²) >= 11 is 12.3. The summed E-state index contributed by atoms with van der Waals surface area (Å²) in [6.45, 7) is 4.33. The Bertz CT molecular complexity index is 976. The molecule has 5 nitrogen and oxygen atoms in total. The fourth-order valence-corrected chi connectivity index (χ4v) is 4.63. The summed E-state index contributed by atoms with van der Waals surface area (Å²) in [4.78, 5) is 2.26. The molecule has 142 valence electrons. The van der Waals surface area contributed by atoms with E-state index in [0.717, 1.165) is 18.5 Å². The van der Waals surface area contributed by atoms with Crippen molar-refractivity contribution < 1.29 is 0 Å². The zero-order valence-electron chi connectivity index (χ0n) is 15.4. The normalized spacial score (nSPS) is 23.8. The summed E-state index contributed by atoms with van der Waals surface area (Å²) in [5.74, 6) is -0.779. The van der Waals surface area contributed by atoms with E-state index >= 15 is 0 Å². The van der Waals surface area contributed by atoms with Gasteiger partial charge in [0.2, 0.25) is 0 Å². The van der Waals surface area contributed by atoms with Crippen molar-refractivity contribution in [2.24, 2.45) is 17.1 Å². The third-order valence-electron chi connectivity index (χ3n) is 5.58. The molecule has 0 radical (unpaired) electrons. The first-order valence-corrected chi connectivity index (χ1v) is 9.79. The lowest BCUT2D eigenvalue weighted by Gasteiger charge is -2.45. The minimum absolute atomic E-state index is 0.0162. The van der Waals surface area contributed by atoms with Gasteiger partial charge in [-0.05, 0) is 36.2 Å². The van der Waals surface area contributed by atoms with Crippen LogP contribution in [0.15, 0.2) is 41.1 Å². The van der Waals surface area contributed by atoms with Crippen LogP contribution >= 0.6 is 23.2 Å². The molecule has 0 unspecified atom stereocenters. The van der Waals surface area contributed by atoms with Gasteiger partial charge >= 0.3 is 0 Å². The maximum Gasteiger partial charge on any atom is 0.191 e. The number of allylic oxidation sites excluding steroid dienone is 2. The molecule has 1 aliphatic carbocycles. The molecule has 0 aromatic heterocycles. The molecule has 0 saturated heterocycles. The Morgan fingerprint density at radius 2 is 1.93 bits per heavy atom. The minimum Gasteiger partial charge on any atom is -0.399 e. The summed E-state index contributed by atoms with van der Waals surface area (Å²) in [6, 6.07) is 11.5. The fourth-order valence-electron chi connectivity index (χ4n) is 4.32. The maximum atomic E-state index is 10.1. The van der Waals surface area contributed by atoms with E-state index in [-0.39, 0.29) is 17.2 Å². The number of benzene rings is 1. The Kier molecular flexibility index (Phi) is 5.69. The number of halogens is 2. The molecule has 1 aliphatic heterocycles. The van der Waals surface area contributed by atoms with Crippen molar-refractivity contribution in [2.45, 2.75) is 19.3 Å². The van der Waals surface area contributed by atoms with E-state index in [9.17, 15) is 15.8 Å². The molecule has 0 spiro atoms. The molecule has 0 saturated carbocycles. The first kappa shape index (κ1) is 20.2. The van der Waals surface area contributed by atoms with Crippen LogP contribution in [0.5, 0.6) is 0 Å². The van der Waals surface area contributed by atoms with Crippen LogP contribution in [0.25, 0.3) is 0 Å². The SMILES string of the molecule is CCCN1CC=C2C(C#N)=C(N)C(C#N)(C#N)[C@H](c3ccc(Cl)c(Cl)c3)[C@H]2C1. The Morgan fingerprint density at radius 1 is 1.21 bits per heavy atom. The number of nitrogens with two attached hydrogens (primary N) is 1. The molecule has 1 aromatic carbocycles. The smallest absolute Gasteiger partial charge is 0.191 e. The molecule has 2 aliphatic rings. The average Bonchev–Trinajstić information content (AvgIpc) is 2.70. The molecular weight excluding hydrogens is 393 g/mol. The van der Waals surface area contributed by atoms with Crippen LogP contribution in [0.2, 0.25) is 10.0 Å². The van der Waals surface area contributed by atoms with E-state index in [4.69, 9.17) is 28.9 Å². The lowest BCUT2D eigenvalue weighted by atomic mass is 9.58. The van der Waals surface area contributed by atoms with Gasteiger partial charge in [0.05, 0.1) is 33.5 Å². The van der Waals surface area contributed by atoms with E-state index in [1.807, 2.05) is 6.08 Å². The van der Waals surface area contributed by atoms with Crippen LogP contribution in [-0.4, -0.2) is 24.5 Å². The van der Waals surface area contributed by atoms with Gasteiger partial charge in [-0.3, -0.25) is 4.90 Å². The van der Waals surface area contributed by atoms with E-state index < -0.39 is 11.3 Å². The molecular formula is C21H19Cl2N5. The fraction of sp³-hybridized carbons (Fsp3) is 0.381. The lowest BCUT2D eigenvalue weighted by molar-refractivity contribution is 0.207. The first-order chi connectivity index (χ1) is 13.4. The van der Waals surface area contributed by atoms with E-state index in [0.29, 0.717) is 28.7 Å². The number of nitrogens with zero attached hydrogens (tertiary/aromatic N) is 4. The molecule has 2 atom stereocenters. The second-order valence-corrected chi connectivity index (χ2v) is 7.92. The van der Waals surface area contributed by atoms with Gasteiger partial charge in [0.15, 0.2) is 5.41 Å². The average molecular weight is 412 g/mol. The van der Waals surface area contributed by atoms with E-state index in [1.54, 1.807) is 18.2 Å².